The van der Waals surface area contributed by atoms with Gasteiger partial charge in [0.1, 0.15) is 5.76 Å². The number of hydrogen-bond acceptors (Lipinski definition) is 2. The first kappa shape index (κ1) is 17.4. The summed E-state index contributed by atoms with van der Waals surface area (Å²) in [6.07, 6.45) is 1.83. The highest BCUT2D eigenvalue weighted by Gasteiger charge is 2.12. The van der Waals surface area contributed by atoms with Gasteiger partial charge in [-0.1, -0.05) is 66.7 Å². The third-order valence-corrected chi connectivity index (χ3v) is 5.40. The lowest BCUT2D eigenvalue weighted by Gasteiger charge is -2.05. The number of aromatic nitrogens is 1. The number of furan rings is 1. The second kappa shape index (κ2) is 7.06. The van der Waals surface area contributed by atoms with Crippen LogP contribution in [0.3, 0.4) is 0 Å². The highest BCUT2D eigenvalue weighted by atomic mass is 16.3. The van der Waals surface area contributed by atoms with Crippen LogP contribution >= 0.6 is 0 Å². The van der Waals surface area contributed by atoms with E-state index in [1.54, 1.807) is 0 Å². The third-order valence-electron chi connectivity index (χ3n) is 5.40. The average Bonchev–Trinajstić information content (AvgIpc) is 3.17. The molecule has 0 spiro atoms. The van der Waals surface area contributed by atoms with E-state index >= 15 is 0 Å². The quantitative estimate of drug-likeness (QED) is 0.327. The minimum absolute atomic E-state index is 0.811. The van der Waals surface area contributed by atoms with Crippen LogP contribution in [-0.4, -0.2) is 4.98 Å². The summed E-state index contributed by atoms with van der Waals surface area (Å²) < 4.78 is 6.14. The van der Waals surface area contributed by atoms with Gasteiger partial charge in [0, 0.05) is 16.5 Å². The smallest absolute Gasteiger partial charge is 0.153 e. The van der Waals surface area contributed by atoms with Crippen LogP contribution in [0.2, 0.25) is 0 Å². The first-order chi connectivity index (χ1) is 14.2. The van der Waals surface area contributed by atoms with Crippen molar-refractivity contribution in [2.45, 2.75) is 13.8 Å². The Morgan fingerprint density at radius 1 is 0.655 bits per heavy atom. The molecule has 0 aliphatic rings. The summed E-state index contributed by atoms with van der Waals surface area (Å²) in [5, 5.41) is 1.07. The normalized spacial score (nSPS) is 11.1. The fourth-order valence-corrected chi connectivity index (χ4v) is 3.92. The molecule has 2 heterocycles. The lowest BCUT2D eigenvalue weighted by molar-refractivity contribution is 0.629. The van der Waals surface area contributed by atoms with E-state index in [1.807, 2.05) is 12.3 Å². The summed E-state index contributed by atoms with van der Waals surface area (Å²) in [5.74, 6) is 0.896. The van der Waals surface area contributed by atoms with E-state index in [2.05, 4.69) is 97.7 Å². The second-order valence-electron chi connectivity index (χ2n) is 7.43. The molecule has 140 valence electrons. The SMILES string of the molecule is Cc1cccc(C)c1-c1cc2cc(-c3cccc(-c4ccccc4)c3)ncc2o1. The summed E-state index contributed by atoms with van der Waals surface area (Å²) in [7, 11) is 0. The molecule has 3 aromatic carbocycles. The molecule has 5 rings (SSSR count). The van der Waals surface area contributed by atoms with Crippen LogP contribution in [-0.2, 0) is 0 Å². The Hall–Kier alpha value is -3.65. The summed E-state index contributed by atoms with van der Waals surface area (Å²) >= 11 is 0. The van der Waals surface area contributed by atoms with Crippen LogP contribution in [0.1, 0.15) is 11.1 Å². The molecule has 0 aliphatic heterocycles. The highest BCUT2D eigenvalue weighted by molar-refractivity contribution is 5.87. The van der Waals surface area contributed by atoms with Crippen LogP contribution in [0, 0.1) is 13.8 Å². The fraction of sp³-hybridized carbons (Fsp3) is 0.0741. The molecule has 0 radical (unpaired) electrons. The van der Waals surface area contributed by atoms with Gasteiger partial charge < -0.3 is 4.42 Å². The molecule has 0 amide bonds. The van der Waals surface area contributed by atoms with Crippen molar-refractivity contribution < 1.29 is 4.42 Å². The summed E-state index contributed by atoms with van der Waals surface area (Å²) in [5.41, 5.74) is 8.85. The lowest BCUT2D eigenvalue weighted by Crippen LogP contribution is -1.85. The first-order valence-electron chi connectivity index (χ1n) is 9.81. The number of hydrogen-bond donors (Lipinski definition) is 0. The predicted molar refractivity (Wildman–Crippen MR) is 120 cm³/mol. The van der Waals surface area contributed by atoms with Crippen molar-refractivity contribution in [3.8, 4) is 33.7 Å². The summed E-state index contributed by atoms with van der Waals surface area (Å²) in [6, 6.07) is 29.5. The van der Waals surface area contributed by atoms with E-state index in [9.17, 15) is 0 Å². The van der Waals surface area contributed by atoms with Crippen molar-refractivity contribution in [3.63, 3.8) is 0 Å². The molecule has 0 saturated carbocycles. The van der Waals surface area contributed by atoms with Gasteiger partial charge in [0.2, 0.25) is 0 Å². The van der Waals surface area contributed by atoms with Gasteiger partial charge in [-0.05, 0) is 54.3 Å². The van der Waals surface area contributed by atoms with Gasteiger partial charge in [-0.25, -0.2) is 0 Å². The molecule has 2 nitrogen and oxygen atoms in total. The van der Waals surface area contributed by atoms with Gasteiger partial charge in [-0.3, -0.25) is 4.98 Å². The molecule has 0 N–H and O–H groups in total. The van der Waals surface area contributed by atoms with Crippen molar-refractivity contribution in [1.29, 1.82) is 0 Å². The number of benzene rings is 3. The minimum Gasteiger partial charge on any atom is -0.454 e. The molecule has 2 aromatic heterocycles. The molecule has 5 aromatic rings. The van der Waals surface area contributed by atoms with E-state index in [0.29, 0.717) is 0 Å². The molecule has 29 heavy (non-hydrogen) atoms. The molecule has 0 aliphatic carbocycles. The lowest BCUT2D eigenvalue weighted by atomic mass is 10.00. The Balaban J connectivity index is 1.58. The maximum absolute atomic E-state index is 6.14. The minimum atomic E-state index is 0.811. The maximum atomic E-state index is 6.14. The zero-order valence-electron chi connectivity index (χ0n) is 16.5. The molecular weight excluding hydrogens is 354 g/mol. The van der Waals surface area contributed by atoms with Crippen molar-refractivity contribution >= 4 is 11.0 Å². The maximum Gasteiger partial charge on any atom is 0.153 e. The van der Waals surface area contributed by atoms with Gasteiger partial charge in [-0.2, -0.15) is 0 Å². The Labute approximate surface area is 170 Å². The van der Waals surface area contributed by atoms with Crippen molar-refractivity contribution in [1.82, 2.24) is 4.98 Å². The summed E-state index contributed by atoms with van der Waals surface area (Å²) in [4.78, 5) is 4.67. The Morgan fingerprint density at radius 3 is 2.14 bits per heavy atom. The molecule has 2 heteroatoms. The summed E-state index contributed by atoms with van der Waals surface area (Å²) in [6.45, 7) is 4.24. The van der Waals surface area contributed by atoms with Crippen LogP contribution in [0.5, 0.6) is 0 Å². The molecule has 0 saturated heterocycles. The number of fused-ring (bicyclic) bond motifs is 1. The predicted octanol–water partition coefficient (Wildman–Crippen LogP) is 7.45. The van der Waals surface area contributed by atoms with Crippen LogP contribution < -0.4 is 0 Å². The number of pyridine rings is 1. The molecule has 0 atom stereocenters. The van der Waals surface area contributed by atoms with Crippen molar-refractivity contribution in [2.75, 3.05) is 0 Å². The van der Waals surface area contributed by atoms with E-state index in [1.165, 1.54) is 22.3 Å². The average molecular weight is 375 g/mol. The molecular formula is C27H21NO. The monoisotopic (exact) mass is 375 g/mol. The largest absolute Gasteiger partial charge is 0.454 e. The highest BCUT2D eigenvalue weighted by Crippen LogP contribution is 2.34. The standard InChI is InChI=1S/C27H21NO/c1-18-8-6-9-19(2)27(18)25-16-23-15-24(28-17-26(23)29-25)22-13-7-12-21(14-22)20-10-4-3-5-11-20/h3-17H,1-2H3. The number of aryl methyl sites for hydroxylation is 2. The van der Waals surface area contributed by atoms with Gasteiger partial charge in [-0.15, -0.1) is 0 Å². The number of nitrogens with zero attached hydrogens (tertiary/aromatic N) is 1. The van der Waals surface area contributed by atoms with Crippen molar-refractivity contribution in [2.24, 2.45) is 0 Å². The fourth-order valence-electron chi connectivity index (χ4n) is 3.92. The Bertz CT molecular complexity index is 1290. The molecule has 0 bridgehead atoms. The molecule has 0 fully saturated rings. The van der Waals surface area contributed by atoms with E-state index in [0.717, 1.165) is 33.6 Å². The van der Waals surface area contributed by atoms with Gasteiger partial charge in [0.15, 0.2) is 5.58 Å². The number of rotatable bonds is 3. The van der Waals surface area contributed by atoms with Crippen LogP contribution in [0.15, 0.2) is 95.5 Å². The zero-order valence-corrected chi connectivity index (χ0v) is 16.5. The van der Waals surface area contributed by atoms with Crippen LogP contribution in [0.25, 0.3) is 44.7 Å². The van der Waals surface area contributed by atoms with E-state index < -0.39 is 0 Å². The Kier molecular flexibility index (Phi) is 4.25. The zero-order chi connectivity index (χ0) is 19.8. The van der Waals surface area contributed by atoms with Gasteiger partial charge in [0.05, 0.1) is 11.9 Å². The Morgan fingerprint density at radius 2 is 1.34 bits per heavy atom. The molecule has 0 unspecified atom stereocenters. The van der Waals surface area contributed by atoms with Gasteiger partial charge in [0.25, 0.3) is 0 Å². The van der Waals surface area contributed by atoms with Crippen LogP contribution in [0.4, 0.5) is 0 Å². The first-order valence-corrected chi connectivity index (χ1v) is 9.81. The van der Waals surface area contributed by atoms with E-state index in [-0.39, 0.29) is 0 Å². The second-order valence-corrected chi connectivity index (χ2v) is 7.43. The topological polar surface area (TPSA) is 26.0 Å². The van der Waals surface area contributed by atoms with Crippen molar-refractivity contribution in [3.05, 3.63) is 102 Å². The van der Waals surface area contributed by atoms with Gasteiger partial charge >= 0.3 is 0 Å². The van der Waals surface area contributed by atoms with E-state index in [4.69, 9.17) is 4.42 Å². The third kappa shape index (κ3) is 3.23.